The molecule has 0 saturated carbocycles. The summed E-state index contributed by atoms with van der Waals surface area (Å²) in [6.45, 7) is 2.01. The van der Waals surface area contributed by atoms with Gasteiger partial charge >= 0.3 is 5.97 Å². The highest BCUT2D eigenvalue weighted by Crippen LogP contribution is 2.25. The summed E-state index contributed by atoms with van der Waals surface area (Å²) in [6.07, 6.45) is -1.83. The van der Waals surface area contributed by atoms with Gasteiger partial charge in [-0.3, -0.25) is 19.2 Å². The van der Waals surface area contributed by atoms with E-state index in [0.29, 0.717) is 22.4 Å². The molecule has 1 fully saturated rings. The minimum absolute atomic E-state index is 0.0840. The summed E-state index contributed by atoms with van der Waals surface area (Å²) in [5.41, 5.74) is 1.87. The van der Waals surface area contributed by atoms with Crippen molar-refractivity contribution >= 4 is 23.7 Å². The third kappa shape index (κ3) is 6.23. The number of hydrogen-bond acceptors (Lipinski definition) is 5. The van der Waals surface area contributed by atoms with Crippen molar-refractivity contribution in [2.75, 3.05) is 20.2 Å². The van der Waals surface area contributed by atoms with Gasteiger partial charge in [0.1, 0.15) is 11.6 Å². The minimum atomic E-state index is -1.34. The average molecular weight is 534 g/mol. The number of carbonyl (C=O) groups excluding carboxylic acids is 3. The van der Waals surface area contributed by atoms with Gasteiger partial charge in [0.05, 0.1) is 19.6 Å². The van der Waals surface area contributed by atoms with Crippen LogP contribution in [0.25, 0.3) is 0 Å². The smallest absolute Gasteiger partial charge is 0.305 e. The maximum absolute atomic E-state index is 13.8. The van der Waals surface area contributed by atoms with Crippen LogP contribution in [0.1, 0.15) is 44.3 Å². The number of aryl methyl sites for hydroxylation is 1. The molecule has 3 aromatic carbocycles. The molecule has 3 aromatic rings. The molecular formula is C29H28FN3O6. The number of nitrogens with zero attached hydrogens (tertiary/aromatic N) is 2. The second kappa shape index (κ2) is 11.8. The molecule has 0 aliphatic carbocycles. The zero-order valence-electron chi connectivity index (χ0n) is 21.5. The second-order valence-electron chi connectivity index (χ2n) is 9.18. The highest BCUT2D eigenvalue weighted by molar-refractivity contribution is 6.02. The summed E-state index contributed by atoms with van der Waals surface area (Å²) in [5.74, 6) is -2.80. The summed E-state index contributed by atoms with van der Waals surface area (Å²) in [6, 6.07) is 17.3. The molecule has 1 saturated heterocycles. The van der Waals surface area contributed by atoms with Crippen LogP contribution in [-0.2, 0) is 9.59 Å². The zero-order chi connectivity index (χ0) is 28.1. The monoisotopic (exact) mass is 533 g/mol. The number of carbonyl (C=O) groups is 4. The number of benzene rings is 3. The maximum Gasteiger partial charge on any atom is 0.305 e. The third-order valence-corrected chi connectivity index (χ3v) is 6.50. The molecule has 0 radical (unpaired) electrons. The largest absolute Gasteiger partial charge is 0.497 e. The average Bonchev–Trinajstić information content (AvgIpc) is 3.37. The lowest BCUT2D eigenvalue weighted by atomic mass is 10.0. The van der Waals surface area contributed by atoms with E-state index in [1.807, 2.05) is 13.0 Å². The van der Waals surface area contributed by atoms with Crippen molar-refractivity contribution in [1.82, 2.24) is 15.1 Å². The van der Waals surface area contributed by atoms with Crippen molar-refractivity contribution in [2.45, 2.75) is 25.6 Å². The van der Waals surface area contributed by atoms with Gasteiger partial charge in [-0.05, 0) is 61.0 Å². The van der Waals surface area contributed by atoms with Crippen LogP contribution in [0.4, 0.5) is 4.39 Å². The fraction of sp³-hybridized carbons (Fsp3) is 0.241. The molecule has 1 aliphatic rings. The first-order valence-electron chi connectivity index (χ1n) is 12.3. The zero-order valence-corrected chi connectivity index (χ0v) is 21.5. The molecule has 1 aliphatic heterocycles. The van der Waals surface area contributed by atoms with Crippen LogP contribution in [0.5, 0.6) is 5.75 Å². The van der Waals surface area contributed by atoms with Gasteiger partial charge in [-0.1, -0.05) is 29.8 Å². The van der Waals surface area contributed by atoms with Crippen molar-refractivity contribution < 1.29 is 33.4 Å². The number of ether oxygens (including phenoxy) is 1. The summed E-state index contributed by atoms with van der Waals surface area (Å²) < 4.78 is 18.7. The molecule has 202 valence electrons. The van der Waals surface area contributed by atoms with Crippen LogP contribution in [0.2, 0.25) is 0 Å². The SMILES string of the molecule is COc1ccc(C(=O)N2CCN(C(=O)c3cccc(C)c3)C2C(=O)NC(CC(=O)O)c2ccc(F)cc2)cc1. The molecule has 0 spiro atoms. The van der Waals surface area contributed by atoms with Crippen LogP contribution >= 0.6 is 0 Å². The van der Waals surface area contributed by atoms with Gasteiger partial charge in [-0.15, -0.1) is 0 Å². The number of hydrogen-bond donors (Lipinski definition) is 2. The van der Waals surface area contributed by atoms with Gasteiger partial charge in [-0.25, -0.2) is 4.39 Å². The van der Waals surface area contributed by atoms with E-state index >= 15 is 0 Å². The van der Waals surface area contributed by atoms with Gasteiger partial charge in [-0.2, -0.15) is 0 Å². The summed E-state index contributed by atoms with van der Waals surface area (Å²) in [7, 11) is 1.50. The van der Waals surface area contributed by atoms with E-state index in [1.54, 1.807) is 42.5 Å². The standard InChI is InChI=1S/C29H28FN3O6/c1-18-4-3-5-21(16-18)29(38)33-15-14-32(28(37)20-8-12-23(39-2)13-9-20)27(33)26(36)31-24(17-25(34)35)19-6-10-22(30)11-7-19/h3-13,16,24,27H,14-15,17H2,1-2H3,(H,31,36)(H,34,35). The number of aliphatic carboxylic acids is 1. The summed E-state index contributed by atoms with van der Waals surface area (Å²) in [4.78, 5) is 55.0. The lowest BCUT2D eigenvalue weighted by Gasteiger charge is -2.31. The number of carboxylic acids is 1. The Balaban J connectivity index is 1.68. The number of carboxylic acid groups (broad SMARTS) is 1. The fourth-order valence-corrected chi connectivity index (χ4v) is 4.55. The predicted molar refractivity (Wildman–Crippen MR) is 140 cm³/mol. The molecule has 2 atom stereocenters. The first kappa shape index (κ1) is 27.3. The van der Waals surface area contributed by atoms with Crippen LogP contribution in [0.3, 0.4) is 0 Å². The normalized spacial score (nSPS) is 15.5. The molecule has 9 nitrogen and oxygen atoms in total. The van der Waals surface area contributed by atoms with Crippen molar-refractivity contribution in [3.05, 3.63) is 101 Å². The first-order chi connectivity index (χ1) is 18.7. The molecule has 3 amide bonds. The van der Waals surface area contributed by atoms with Gasteiger partial charge in [0, 0.05) is 24.2 Å². The Morgan fingerprint density at radius 1 is 0.949 bits per heavy atom. The highest BCUT2D eigenvalue weighted by atomic mass is 19.1. The van der Waals surface area contributed by atoms with Crippen molar-refractivity contribution in [3.63, 3.8) is 0 Å². The molecule has 1 heterocycles. The van der Waals surface area contributed by atoms with Crippen molar-refractivity contribution in [1.29, 1.82) is 0 Å². The topological polar surface area (TPSA) is 116 Å². The van der Waals surface area contributed by atoms with Gasteiger partial charge in [0.15, 0.2) is 6.17 Å². The number of rotatable bonds is 8. The number of halogens is 1. The van der Waals surface area contributed by atoms with E-state index in [1.165, 1.54) is 41.2 Å². The Morgan fingerprint density at radius 3 is 2.13 bits per heavy atom. The van der Waals surface area contributed by atoms with Gasteiger partial charge in [0.2, 0.25) is 0 Å². The van der Waals surface area contributed by atoms with Crippen LogP contribution in [0, 0.1) is 12.7 Å². The lowest BCUT2D eigenvalue weighted by molar-refractivity contribution is -0.138. The molecule has 4 rings (SSSR count). The van der Waals surface area contributed by atoms with E-state index in [9.17, 15) is 28.7 Å². The van der Waals surface area contributed by atoms with E-state index in [2.05, 4.69) is 5.32 Å². The highest BCUT2D eigenvalue weighted by Gasteiger charge is 2.44. The molecule has 0 bridgehead atoms. The fourth-order valence-electron chi connectivity index (χ4n) is 4.55. The van der Waals surface area contributed by atoms with E-state index in [0.717, 1.165) is 5.56 Å². The second-order valence-corrected chi connectivity index (χ2v) is 9.18. The van der Waals surface area contributed by atoms with E-state index in [4.69, 9.17) is 4.74 Å². The Morgan fingerprint density at radius 2 is 1.56 bits per heavy atom. The number of nitrogens with one attached hydrogen (secondary N) is 1. The predicted octanol–water partition coefficient (Wildman–Crippen LogP) is 3.40. The lowest BCUT2D eigenvalue weighted by Crippen LogP contribution is -2.54. The quantitative estimate of drug-likeness (QED) is 0.459. The van der Waals surface area contributed by atoms with Gasteiger partial charge in [0.25, 0.3) is 17.7 Å². The maximum atomic E-state index is 13.8. The number of methoxy groups -OCH3 is 1. The summed E-state index contributed by atoms with van der Waals surface area (Å²) >= 11 is 0. The minimum Gasteiger partial charge on any atom is -0.497 e. The van der Waals surface area contributed by atoms with Crippen molar-refractivity contribution in [2.24, 2.45) is 0 Å². The van der Waals surface area contributed by atoms with Crippen LogP contribution in [0.15, 0.2) is 72.8 Å². The molecule has 10 heteroatoms. The molecule has 2 unspecified atom stereocenters. The Hall–Kier alpha value is -4.73. The Labute approximate surface area is 224 Å². The Kier molecular flexibility index (Phi) is 8.24. The summed E-state index contributed by atoms with van der Waals surface area (Å²) in [5, 5.41) is 12.1. The number of amides is 3. The van der Waals surface area contributed by atoms with E-state index < -0.39 is 48.1 Å². The molecular weight excluding hydrogens is 505 g/mol. The molecule has 2 N–H and O–H groups in total. The van der Waals surface area contributed by atoms with Crippen LogP contribution < -0.4 is 10.1 Å². The Bertz CT molecular complexity index is 1380. The molecule has 0 aromatic heterocycles. The third-order valence-electron chi connectivity index (χ3n) is 6.50. The molecule has 39 heavy (non-hydrogen) atoms. The van der Waals surface area contributed by atoms with Crippen LogP contribution in [-0.4, -0.2) is 65.0 Å². The first-order valence-corrected chi connectivity index (χ1v) is 12.3. The van der Waals surface area contributed by atoms with E-state index in [-0.39, 0.29) is 13.1 Å². The van der Waals surface area contributed by atoms with Gasteiger partial charge < -0.3 is 25.0 Å². The van der Waals surface area contributed by atoms with Crippen molar-refractivity contribution in [3.8, 4) is 5.75 Å².